The predicted octanol–water partition coefficient (Wildman–Crippen LogP) is 2.61. The Balaban J connectivity index is 1.33. The zero-order valence-corrected chi connectivity index (χ0v) is 20.4. The minimum absolute atomic E-state index is 0.258. The van der Waals surface area contributed by atoms with Crippen LogP contribution >= 0.6 is 0 Å². The molecule has 1 aliphatic heterocycles. The van der Waals surface area contributed by atoms with Crippen molar-refractivity contribution in [3.05, 3.63) is 23.8 Å². The average molecular weight is 488 g/mol. The molecule has 0 unspecified atom stereocenters. The van der Waals surface area contributed by atoms with Gasteiger partial charge < -0.3 is 40.6 Å². The summed E-state index contributed by atoms with van der Waals surface area (Å²) in [7, 11) is 0. The lowest BCUT2D eigenvalue weighted by molar-refractivity contribution is 0.0547. The highest BCUT2D eigenvalue weighted by Gasteiger charge is 2.19. The molecule has 5 N–H and O–H groups in total. The Kier molecular flexibility index (Phi) is 9.56. The fourth-order valence-electron chi connectivity index (χ4n) is 4.06. The van der Waals surface area contributed by atoms with Crippen LogP contribution in [-0.2, 0) is 16.0 Å². The number of rotatable bonds is 14. The van der Waals surface area contributed by atoms with E-state index in [1.54, 1.807) is 0 Å². The van der Waals surface area contributed by atoms with Gasteiger partial charge in [0.25, 0.3) is 0 Å². The fraction of sp³-hybridized carbons (Fsp3) is 0.625. The summed E-state index contributed by atoms with van der Waals surface area (Å²) in [6, 6.07) is 6.25. The number of benzene rings is 1. The second-order valence-electron chi connectivity index (χ2n) is 8.89. The quantitative estimate of drug-likeness (QED) is 0.293. The van der Waals surface area contributed by atoms with Crippen molar-refractivity contribution in [3.8, 4) is 11.5 Å². The van der Waals surface area contributed by atoms with Crippen molar-refractivity contribution in [2.45, 2.75) is 45.2 Å². The van der Waals surface area contributed by atoms with Crippen LogP contribution < -0.4 is 31.2 Å². The van der Waals surface area contributed by atoms with Crippen LogP contribution in [0.5, 0.6) is 11.5 Å². The first-order valence-corrected chi connectivity index (χ1v) is 12.4. The molecule has 2 heterocycles. The van der Waals surface area contributed by atoms with Gasteiger partial charge in [0.15, 0.2) is 11.5 Å². The molecule has 0 amide bonds. The second kappa shape index (κ2) is 13.3. The predicted molar refractivity (Wildman–Crippen MR) is 134 cm³/mol. The first kappa shape index (κ1) is 25.2. The van der Waals surface area contributed by atoms with Gasteiger partial charge in [-0.15, -0.1) is 0 Å². The lowest BCUT2D eigenvalue weighted by atomic mass is 9.87. The maximum atomic E-state index is 5.58. The molecule has 35 heavy (non-hydrogen) atoms. The summed E-state index contributed by atoms with van der Waals surface area (Å²) < 4.78 is 21.8. The lowest BCUT2D eigenvalue weighted by Gasteiger charge is -2.27. The Morgan fingerprint density at radius 1 is 0.886 bits per heavy atom. The molecular formula is C24H37N7O4. The maximum absolute atomic E-state index is 5.58. The largest absolute Gasteiger partial charge is 0.454 e. The molecule has 192 valence electrons. The first-order valence-electron chi connectivity index (χ1n) is 12.4. The van der Waals surface area contributed by atoms with Crippen LogP contribution in [0, 0.1) is 5.92 Å². The van der Waals surface area contributed by atoms with E-state index in [0.717, 1.165) is 35.8 Å². The molecule has 2 aliphatic rings. The summed E-state index contributed by atoms with van der Waals surface area (Å²) in [5.74, 6) is 3.88. The highest BCUT2D eigenvalue weighted by atomic mass is 16.7. The van der Waals surface area contributed by atoms with Crippen LogP contribution in [0.4, 0.5) is 17.8 Å². The summed E-state index contributed by atoms with van der Waals surface area (Å²) in [5, 5.41) is 10.1. The van der Waals surface area contributed by atoms with Crippen LogP contribution in [0.25, 0.3) is 0 Å². The summed E-state index contributed by atoms with van der Waals surface area (Å²) in [6.45, 7) is 6.32. The van der Waals surface area contributed by atoms with Gasteiger partial charge in [0, 0.05) is 25.7 Å². The van der Waals surface area contributed by atoms with Crippen LogP contribution in [-0.4, -0.2) is 67.3 Å². The van der Waals surface area contributed by atoms with Crippen molar-refractivity contribution in [1.29, 1.82) is 0 Å². The number of hydrogen-bond acceptors (Lipinski definition) is 11. The van der Waals surface area contributed by atoms with E-state index in [1.807, 2.05) is 18.2 Å². The lowest BCUT2D eigenvalue weighted by Crippen LogP contribution is -2.26. The molecular weight excluding hydrogens is 450 g/mol. The molecule has 0 atom stereocenters. The van der Waals surface area contributed by atoms with E-state index in [0.29, 0.717) is 69.9 Å². The standard InChI is InChI=1S/C24H37N7O4/c1-17-2-5-19(6-3-17)28-24-30-22(26-9-11-33-13-12-32-10-8-25)29-23(31-24)27-15-18-4-7-20-21(14-18)35-16-34-20/h4,7,14,17,19H,2-3,5-6,8-13,15-16,25H2,1H3,(H3,26,27,28,29,30,31). The Labute approximate surface area is 206 Å². The van der Waals surface area contributed by atoms with Crippen molar-refractivity contribution in [2.75, 3.05) is 62.3 Å². The number of fused-ring (bicyclic) bond motifs is 1. The number of ether oxygens (including phenoxy) is 4. The Bertz CT molecular complexity index is 925. The highest BCUT2D eigenvalue weighted by molar-refractivity contribution is 5.46. The molecule has 1 aromatic heterocycles. The summed E-state index contributed by atoms with van der Waals surface area (Å²) in [4.78, 5) is 13.8. The normalized spacial score (nSPS) is 18.9. The smallest absolute Gasteiger partial charge is 0.231 e. The Hall–Kier alpha value is -2.89. The van der Waals surface area contributed by atoms with E-state index in [-0.39, 0.29) is 6.79 Å². The topological polar surface area (TPSA) is 138 Å². The Morgan fingerprint density at radius 2 is 1.60 bits per heavy atom. The van der Waals surface area contributed by atoms with Crippen molar-refractivity contribution < 1.29 is 18.9 Å². The fourth-order valence-corrected chi connectivity index (χ4v) is 4.06. The van der Waals surface area contributed by atoms with E-state index < -0.39 is 0 Å². The Morgan fingerprint density at radius 3 is 2.40 bits per heavy atom. The third kappa shape index (κ3) is 8.08. The molecule has 0 spiro atoms. The molecule has 1 saturated carbocycles. The summed E-state index contributed by atoms with van der Waals surface area (Å²) in [5.41, 5.74) is 6.45. The molecule has 2 aromatic rings. The van der Waals surface area contributed by atoms with E-state index in [4.69, 9.17) is 24.7 Å². The van der Waals surface area contributed by atoms with Crippen molar-refractivity contribution in [1.82, 2.24) is 15.0 Å². The first-order chi connectivity index (χ1) is 17.2. The van der Waals surface area contributed by atoms with Gasteiger partial charge in [-0.2, -0.15) is 15.0 Å². The van der Waals surface area contributed by atoms with Crippen LogP contribution in [0.1, 0.15) is 38.2 Å². The van der Waals surface area contributed by atoms with Crippen LogP contribution in [0.15, 0.2) is 18.2 Å². The molecule has 4 rings (SSSR count). The van der Waals surface area contributed by atoms with E-state index in [2.05, 4.69) is 37.8 Å². The van der Waals surface area contributed by atoms with Crippen molar-refractivity contribution >= 4 is 17.8 Å². The van der Waals surface area contributed by atoms with E-state index in [9.17, 15) is 0 Å². The zero-order valence-electron chi connectivity index (χ0n) is 20.4. The van der Waals surface area contributed by atoms with Crippen molar-refractivity contribution in [2.24, 2.45) is 11.7 Å². The number of anilines is 3. The summed E-state index contributed by atoms with van der Waals surface area (Å²) in [6.07, 6.45) is 4.68. The monoisotopic (exact) mass is 487 g/mol. The van der Waals surface area contributed by atoms with Crippen molar-refractivity contribution in [3.63, 3.8) is 0 Å². The van der Waals surface area contributed by atoms with Gasteiger partial charge in [0.2, 0.25) is 24.6 Å². The second-order valence-corrected chi connectivity index (χ2v) is 8.89. The number of nitrogens with two attached hydrogens (primary N) is 1. The molecule has 11 heteroatoms. The molecule has 1 aromatic carbocycles. The number of hydrogen-bond donors (Lipinski definition) is 4. The average Bonchev–Trinajstić information content (AvgIpc) is 3.34. The third-order valence-electron chi connectivity index (χ3n) is 6.04. The van der Waals surface area contributed by atoms with Crippen LogP contribution in [0.2, 0.25) is 0 Å². The van der Waals surface area contributed by atoms with Gasteiger partial charge in [-0.3, -0.25) is 0 Å². The molecule has 1 fully saturated rings. The van der Waals surface area contributed by atoms with Gasteiger partial charge in [-0.25, -0.2) is 0 Å². The van der Waals surface area contributed by atoms with E-state index >= 15 is 0 Å². The molecule has 1 aliphatic carbocycles. The molecule has 11 nitrogen and oxygen atoms in total. The van der Waals surface area contributed by atoms with Gasteiger partial charge in [-0.1, -0.05) is 13.0 Å². The van der Waals surface area contributed by atoms with Gasteiger partial charge in [-0.05, 0) is 49.3 Å². The van der Waals surface area contributed by atoms with Gasteiger partial charge >= 0.3 is 0 Å². The zero-order chi connectivity index (χ0) is 24.3. The SMILES string of the molecule is CC1CCC(Nc2nc(NCCOCCOCCN)nc(NCc3ccc4c(c3)OCO4)n2)CC1. The highest BCUT2D eigenvalue weighted by Crippen LogP contribution is 2.32. The molecule has 0 radical (unpaired) electrons. The van der Waals surface area contributed by atoms with E-state index in [1.165, 1.54) is 12.8 Å². The molecule has 0 bridgehead atoms. The van der Waals surface area contributed by atoms with Gasteiger partial charge in [0.05, 0.1) is 26.4 Å². The third-order valence-corrected chi connectivity index (χ3v) is 6.04. The minimum atomic E-state index is 0.258. The minimum Gasteiger partial charge on any atom is -0.454 e. The van der Waals surface area contributed by atoms with Gasteiger partial charge in [0.1, 0.15) is 0 Å². The molecule has 0 saturated heterocycles. The van der Waals surface area contributed by atoms with Crippen LogP contribution in [0.3, 0.4) is 0 Å². The number of nitrogens with one attached hydrogen (secondary N) is 3. The number of nitrogens with zero attached hydrogens (tertiary/aromatic N) is 3. The number of aromatic nitrogens is 3. The summed E-state index contributed by atoms with van der Waals surface area (Å²) >= 11 is 0. The maximum Gasteiger partial charge on any atom is 0.231 e.